The van der Waals surface area contributed by atoms with Crippen LogP contribution in [-0.2, 0) is 30.7 Å². The molecule has 0 saturated carbocycles. The molecule has 0 atom stereocenters. The average Bonchev–Trinajstić information content (AvgIpc) is 3.44. The van der Waals surface area contributed by atoms with Crippen LogP contribution in [0.5, 0.6) is 0 Å². The molecular formula is C56H56N16O16Se4. The SMILES string of the molecule is O=[Se](=O)([O-])[O-].O=[Se](=O)([O-])[O-].O=[Se](=O)([O-])[O-].O=[Se](=O)([O-])[O-].c1ccc2[nH+]c[nH]c2c1.c1ccc2[nH+]c[nH]c2c1.c1ccc2[nH+]c[nH]c2c1.c1ccc2[nH+]c[nH]c2c1.c1ccc2[nH+]c[nH]c2c1.c1ccc2[nH+]c[nH]c2c1.c1ccc2[nH+]c[nH]c2c1.c1ccc2[nH+]c[nH]c2c1. The Kier molecular flexibility index (Phi) is 29.1. The van der Waals surface area contributed by atoms with Gasteiger partial charge in [-0.1, -0.05) is 97.1 Å². The van der Waals surface area contributed by atoms with Crippen molar-refractivity contribution in [3.63, 3.8) is 0 Å². The number of benzene rings is 8. The first-order valence-electron chi connectivity index (χ1n) is 25.9. The van der Waals surface area contributed by atoms with Gasteiger partial charge in [0.15, 0.2) is 88.3 Å². The number of fused-ring (bicyclic) bond motifs is 8. The van der Waals surface area contributed by atoms with Crippen molar-refractivity contribution in [1.82, 2.24) is 39.9 Å². The monoisotopic (exact) mass is 1530 g/mol. The molecule has 0 radical (unpaired) electrons. The van der Waals surface area contributed by atoms with Crippen LogP contribution in [0.4, 0.5) is 0 Å². The van der Waals surface area contributed by atoms with Crippen LogP contribution >= 0.6 is 0 Å². The summed E-state index contributed by atoms with van der Waals surface area (Å²) in [5.41, 5.74) is 18.4. The van der Waals surface area contributed by atoms with Crippen molar-refractivity contribution in [1.29, 1.82) is 0 Å². The van der Waals surface area contributed by atoms with Crippen molar-refractivity contribution in [3.05, 3.63) is 245 Å². The van der Waals surface area contributed by atoms with Crippen molar-refractivity contribution in [2.24, 2.45) is 0 Å². The van der Waals surface area contributed by atoms with Crippen molar-refractivity contribution in [2.75, 3.05) is 0 Å². The Hall–Kier alpha value is -10.3. The molecular weight excluding hydrogens is 1470 g/mol. The summed E-state index contributed by atoms with van der Waals surface area (Å²) in [6.45, 7) is 0. The van der Waals surface area contributed by atoms with E-state index < -0.39 is 53.5 Å². The fourth-order valence-corrected chi connectivity index (χ4v) is 7.41. The first-order chi connectivity index (χ1) is 43.7. The second kappa shape index (κ2) is 37.0. The molecule has 0 spiro atoms. The number of aromatic nitrogens is 16. The second-order valence-electron chi connectivity index (χ2n) is 17.5. The molecule has 0 fully saturated rings. The summed E-state index contributed by atoms with van der Waals surface area (Å²) in [5, 5.41) is 0. The molecule has 16 aromatic rings. The van der Waals surface area contributed by atoms with E-state index in [9.17, 15) is 0 Å². The molecule has 0 aliphatic heterocycles. The first kappa shape index (κ1) is 72.4. The first-order valence-corrected chi connectivity index (χ1v) is 37.1. The fraction of sp³-hybridized carbons (Fsp3) is 0. The van der Waals surface area contributed by atoms with Gasteiger partial charge in [-0.25, -0.2) is 79.7 Å². The molecule has 92 heavy (non-hydrogen) atoms. The molecule has 0 saturated heterocycles. The topological polar surface area (TPSA) is 560 Å². The molecule has 480 valence electrons. The maximum Gasteiger partial charge on any atom is 0.240 e. The predicted molar refractivity (Wildman–Crippen MR) is 307 cm³/mol. The molecule has 16 N–H and O–H groups in total. The third kappa shape index (κ3) is 31.2. The number of rotatable bonds is 0. The molecule has 0 amide bonds. The van der Waals surface area contributed by atoms with E-state index >= 15 is 0 Å². The molecule has 16 rings (SSSR count). The number of nitrogens with one attached hydrogen (secondary N) is 16. The van der Waals surface area contributed by atoms with E-state index in [2.05, 4.69) is 79.7 Å². The number of hydrogen-bond acceptors (Lipinski definition) is 16. The van der Waals surface area contributed by atoms with Crippen LogP contribution in [0.3, 0.4) is 0 Å². The number of imidazole rings is 8. The summed E-state index contributed by atoms with van der Waals surface area (Å²) in [5.74, 6) is 0. The molecule has 8 aromatic carbocycles. The fourth-order valence-electron chi connectivity index (χ4n) is 7.41. The van der Waals surface area contributed by atoms with Crippen molar-refractivity contribution < 1.29 is 104 Å². The van der Waals surface area contributed by atoms with Gasteiger partial charge in [-0.15, -0.1) is 0 Å². The van der Waals surface area contributed by atoms with Gasteiger partial charge in [0.25, 0.3) is 0 Å². The van der Waals surface area contributed by atoms with E-state index in [-0.39, 0.29) is 0 Å². The van der Waals surface area contributed by atoms with Gasteiger partial charge in [0, 0.05) is 0 Å². The maximum absolute atomic E-state index is 8.59. The quantitative estimate of drug-likeness (QED) is 0.0669. The van der Waals surface area contributed by atoms with Gasteiger partial charge in [-0.2, -0.15) is 0 Å². The number of H-pyrrole nitrogens is 16. The molecule has 0 bridgehead atoms. The molecule has 0 unspecified atom stereocenters. The van der Waals surface area contributed by atoms with E-state index in [1.54, 1.807) is 0 Å². The minimum Gasteiger partial charge on any atom is -0.244 e. The minimum absolute atomic E-state index is 1.15. The van der Waals surface area contributed by atoms with Gasteiger partial charge >= 0.3 is 118 Å². The summed E-state index contributed by atoms with van der Waals surface area (Å²) >= 11 is -23.0. The number of hydrogen-bond donors (Lipinski definition) is 8. The average molecular weight is 1530 g/mol. The summed E-state index contributed by atoms with van der Waals surface area (Å²) in [7, 11) is 0. The van der Waals surface area contributed by atoms with Crippen molar-refractivity contribution >= 4 is 142 Å². The van der Waals surface area contributed by atoms with Crippen LogP contribution in [-0.4, -0.2) is 93.3 Å². The van der Waals surface area contributed by atoms with Crippen LogP contribution in [0.2, 0.25) is 0 Å². The van der Waals surface area contributed by atoms with E-state index in [1.165, 1.54) is 0 Å². The Bertz CT molecular complexity index is 4020. The summed E-state index contributed by atoms with van der Waals surface area (Å²) in [6.07, 6.45) is 14.6. The maximum atomic E-state index is 8.59. The zero-order valence-corrected chi connectivity index (χ0v) is 54.1. The zero-order valence-electron chi connectivity index (χ0n) is 47.3. The second-order valence-corrected chi connectivity index (χ2v) is 24.3. The minimum atomic E-state index is -5.75. The zero-order chi connectivity index (χ0) is 66.8. The standard InChI is InChI=1S/8C7H6N2.4H2O4Se/c8*1-2-4-7-6(3-1)8-5-9-7;4*1-5(2,3)4/h8*1-5H,(H,8,9);4*(H2,1,2,3,4). The molecule has 0 aliphatic rings. The van der Waals surface area contributed by atoms with Crippen molar-refractivity contribution in [3.8, 4) is 0 Å². The third-order valence-electron chi connectivity index (χ3n) is 11.1. The summed E-state index contributed by atoms with van der Waals surface area (Å²) in [4.78, 5) is 49.0. The largest absolute Gasteiger partial charge is 0.244 e. The number of para-hydroxylation sites is 16. The molecule has 0 aliphatic carbocycles. The Morgan fingerprint density at radius 1 is 0.185 bits per heavy atom. The molecule has 36 heteroatoms. The molecule has 8 aromatic heterocycles. The van der Waals surface area contributed by atoms with E-state index in [1.807, 2.05) is 245 Å². The van der Waals surface area contributed by atoms with Gasteiger partial charge in [0.05, 0.1) is 0 Å². The van der Waals surface area contributed by atoms with E-state index in [0.717, 1.165) is 88.3 Å². The Morgan fingerprint density at radius 2 is 0.272 bits per heavy atom. The smallest absolute Gasteiger partial charge is 0.240 e. The van der Waals surface area contributed by atoms with Crippen molar-refractivity contribution in [2.45, 2.75) is 0 Å². The van der Waals surface area contributed by atoms with E-state index in [0.29, 0.717) is 0 Å². The van der Waals surface area contributed by atoms with E-state index in [4.69, 9.17) is 64.2 Å². The van der Waals surface area contributed by atoms with Gasteiger partial charge in [0.2, 0.25) is 50.6 Å². The summed E-state index contributed by atoms with van der Waals surface area (Å²) in [6, 6.07) is 64.6. The summed E-state index contributed by atoms with van der Waals surface area (Å²) < 4.78 is 138. The van der Waals surface area contributed by atoms with Crippen LogP contribution in [0.15, 0.2) is 245 Å². The van der Waals surface area contributed by atoms with Crippen LogP contribution in [0.25, 0.3) is 88.3 Å². The van der Waals surface area contributed by atoms with Gasteiger partial charge in [-0.3, -0.25) is 0 Å². The Labute approximate surface area is 527 Å². The Balaban J connectivity index is 0.000000184. The molecule has 32 nitrogen and oxygen atoms in total. The number of aromatic amines is 16. The van der Waals surface area contributed by atoms with Gasteiger partial charge in [-0.05, 0) is 97.1 Å². The van der Waals surface area contributed by atoms with Gasteiger partial charge in [0.1, 0.15) is 0 Å². The third-order valence-corrected chi connectivity index (χ3v) is 11.1. The van der Waals surface area contributed by atoms with Crippen LogP contribution in [0.1, 0.15) is 0 Å². The van der Waals surface area contributed by atoms with Crippen LogP contribution in [0, 0.1) is 0 Å². The normalized spacial score (nSPS) is 10.5. The Morgan fingerprint density at radius 3 is 0.359 bits per heavy atom. The van der Waals surface area contributed by atoms with Crippen LogP contribution < -0.4 is 73.4 Å². The van der Waals surface area contributed by atoms with Gasteiger partial charge < -0.3 is 0 Å². The molecule has 8 heterocycles. The predicted octanol–water partition coefficient (Wildman–Crippen LogP) is -4.13.